The van der Waals surface area contributed by atoms with Gasteiger partial charge >= 0.3 is 5.97 Å². The maximum Gasteiger partial charge on any atom is 0.337 e. The third-order valence-electron chi connectivity index (χ3n) is 4.61. The Morgan fingerprint density at radius 3 is 2.26 bits per heavy atom. The van der Waals surface area contributed by atoms with Crippen molar-refractivity contribution in [2.24, 2.45) is 0 Å². The number of sulfonamides is 1. The summed E-state index contributed by atoms with van der Waals surface area (Å²) in [7, 11) is -1.67. The molecule has 0 heterocycles. The molecule has 0 aliphatic carbocycles. The number of methoxy groups -OCH3 is 2. The minimum atomic E-state index is -4.22. The zero-order chi connectivity index (χ0) is 24.9. The molecule has 12 heteroatoms. The predicted molar refractivity (Wildman–Crippen MR) is 123 cm³/mol. The van der Waals surface area contributed by atoms with Gasteiger partial charge in [-0.15, -0.1) is 0 Å². The van der Waals surface area contributed by atoms with Crippen molar-refractivity contribution in [2.75, 3.05) is 24.3 Å². The lowest BCUT2D eigenvalue weighted by Crippen LogP contribution is -2.16. The van der Waals surface area contributed by atoms with Crippen LogP contribution in [0.1, 0.15) is 20.7 Å². The fourth-order valence-corrected chi connectivity index (χ4v) is 4.01. The van der Waals surface area contributed by atoms with Gasteiger partial charge in [-0.3, -0.25) is 19.6 Å². The molecule has 11 nitrogen and oxygen atoms in total. The van der Waals surface area contributed by atoms with Gasteiger partial charge in [0.1, 0.15) is 5.75 Å². The van der Waals surface area contributed by atoms with E-state index < -0.39 is 26.8 Å². The average Bonchev–Trinajstić information content (AvgIpc) is 2.83. The lowest BCUT2D eigenvalue weighted by atomic mass is 10.2. The first-order valence-corrected chi connectivity index (χ1v) is 11.1. The molecule has 0 saturated carbocycles. The quantitative estimate of drug-likeness (QED) is 0.279. The average molecular weight is 485 g/mol. The van der Waals surface area contributed by atoms with Gasteiger partial charge in [-0.25, -0.2) is 13.2 Å². The molecule has 0 atom stereocenters. The molecule has 1 amide bonds. The van der Waals surface area contributed by atoms with Crippen molar-refractivity contribution in [3.05, 3.63) is 88.0 Å². The number of hydrogen-bond acceptors (Lipinski definition) is 8. The second-order valence-electron chi connectivity index (χ2n) is 6.80. The van der Waals surface area contributed by atoms with E-state index in [0.29, 0.717) is 11.3 Å². The van der Waals surface area contributed by atoms with Gasteiger partial charge in [0.2, 0.25) is 0 Å². The molecule has 0 spiro atoms. The fraction of sp³-hybridized carbons (Fsp3) is 0.0909. The maximum absolute atomic E-state index is 12.9. The van der Waals surface area contributed by atoms with Crippen molar-refractivity contribution in [1.29, 1.82) is 0 Å². The number of esters is 1. The number of nitro benzene ring substituents is 1. The van der Waals surface area contributed by atoms with Crippen LogP contribution in [0.25, 0.3) is 0 Å². The number of nitrogens with zero attached hydrogens (tertiary/aromatic N) is 1. The first-order valence-electron chi connectivity index (χ1n) is 9.59. The highest BCUT2D eigenvalue weighted by atomic mass is 32.2. The molecule has 34 heavy (non-hydrogen) atoms. The van der Waals surface area contributed by atoms with E-state index in [1.807, 2.05) is 0 Å². The minimum Gasteiger partial charge on any atom is -0.495 e. The van der Waals surface area contributed by atoms with Gasteiger partial charge < -0.3 is 14.8 Å². The monoisotopic (exact) mass is 485 g/mol. The molecule has 0 aromatic heterocycles. The number of nitro groups is 1. The summed E-state index contributed by atoms with van der Waals surface area (Å²) >= 11 is 0. The normalized spacial score (nSPS) is 10.8. The number of amides is 1. The zero-order valence-corrected chi connectivity index (χ0v) is 18.8. The summed E-state index contributed by atoms with van der Waals surface area (Å²) in [5.41, 5.74) is 0.273. The Hall–Kier alpha value is -4.45. The first-order chi connectivity index (χ1) is 16.1. The molecular weight excluding hydrogens is 466 g/mol. The van der Waals surface area contributed by atoms with Gasteiger partial charge in [-0.2, -0.15) is 0 Å². The SMILES string of the molecule is COC(=O)c1ccc(NC(=O)c2cccc(S(=O)(=O)Nc3cc([N+](=O)[O-])ccc3OC)c2)cc1. The number of rotatable bonds is 8. The van der Waals surface area contributed by atoms with Gasteiger partial charge in [-0.1, -0.05) is 6.07 Å². The summed E-state index contributed by atoms with van der Waals surface area (Å²) in [6, 6.07) is 14.7. The summed E-state index contributed by atoms with van der Waals surface area (Å²) in [5, 5.41) is 13.7. The van der Waals surface area contributed by atoms with Gasteiger partial charge in [0.15, 0.2) is 0 Å². The lowest BCUT2D eigenvalue weighted by Gasteiger charge is -2.12. The van der Waals surface area contributed by atoms with Gasteiger partial charge in [0, 0.05) is 23.4 Å². The molecule has 0 fully saturated rings. The number of benzene rings is 3. The number of nitrogens with one attached hydrogen (secondary N) is 2. The first kappa shape index (κ1) is 24.2. The van der Waals surface area contributed by atoms with E-state index in [1.165, 1.54) is 68.8 Å². The highest BCUT2D eigenvalue weighted by molar-refractivity contribution is 7.92. The maximum atomic E-state index is 12.9. The Kier molecular flexibility index (Phi) is 7.12. The van der Waals surface area contributed by atoms with Gasteiger partial charge in [-0.05, 0) is 48.5 Å². The summed E-state index contributed by atoms with van der Waals surface area (Å²) in [4.78, 5) is 34.3. The summed E-state index contributed by atoms with van der Waals surface area (Å²) in [6.45, 7) is 0. The number of carbonyl (C=O) groups is 2. The van der Waals surface area contributed by atoms with E-state index >= 15 is 0 Å². The predicted octanol–water partition coefficient (Wildman–Crippen LogP) is 3.44. The molecule has 2 N–H and O–H groups in total. The third kappa shape index (κ3) is 5.48. The number of carbonyl (C=O) groups excluding carboxylic acids is 2. The summed E-state index contributed by atoms with van der Waals surface area (Å²) < 4.78 is 37.8. The van der Waals surface area contributed by atoms with Crippen molar-refractivity contribution in [1.82, 2.24) is 0 Å². The van der Waals surface area contributed by atoms with E-state index in [0.717, 1.165) is 12.1 Å². The van der Waals surface area contributed by atoms with Crippen molar-refractivity contribution >= 4 is 39.0 Å². The molecule has 0 saturated heterocycles. The molecule has 0 unspecified atom stereocenters. The number of non-ortho nitro benzene ring substituents is 1. The second-order valence-corrected chi connectivity index (χ2v) is 8.48. The van der Waals surface area contributed by atoms with Crippen LogP contribution in [-0.2, 0) is 14.8 Å². The minimum absolute atomic E-state index is 0.0472. The molecule has 0 bridgehead atoms. The Balaban J connectivity index is 1.83. The third-order valence-corrected chi connectivity index (χ3v) is 5.97. The topological polar surface area (TPSA) is 154 Å². The molecule has 3 aromatic carbocycles. The molecule has 3 aromatic rings. The molecular formula is C22H19N3O8S. The van der Waals surface area contributed by atoms with Crippen LogP contribution in [0.3, 0.4) is 0 Å². The van der Waals surface area contributed by atoms with Crippen LogP contribution >= 0.6 is 0 Å². The van der Waals surface area contributed by atoms with E-state index in [9.17, 15) is 28.1 Å². The summed E-state index contributed by atoms with van der Waals surface area (Å²) in [5.74, 6) is -1.03. The van der Waals surface area contributed by atoms with Crippen molar-refractivity contribution < 1.29 is 32.4 Å². The van der Waals surface area contributed by atoms with Crippen molar-refractivity contribution in [3.8, 4) is 5.75 Å². The van der Waals surface area contributed by atoms with Crippen LogP contribution in [0.2, 0.25) is 0 Å². The largest absolute Gasteiger partial charge is 0.495 e. The number of hydrogen-bond donors (Lipinski definition) is 2. The van der Waals surface area contributed by atoms with Crippen LogP contribution < -0.4 is 14.8 Å². The lowest BCUT2D eigenvalue weighted by molar-refractivity contribution is -0.384. The Bertz CT molecular complexity index is 1350. The Morgan fingerprint density at radius 1 is 0.941 bits per heavy atom. The Morgan fingerprint density at radius 2 is 1.65 bits per heavy atom. The molecule has 0 aliphatic heterocycles. The van der Waals surface area contributed by atoms with Crippen LogP contribution in [0, 0.1) is 10.1 Å². The van der Waals surface area contributed by atoms with E-state index in [1.54, 1.807) is 0 Å². The van der Waals surface area contributed by atoms with Crippen molar-refractivity contribution in [2.45, 2.75) is 4.90 Å². The zero-order valence-electron chi connectivity index (χ0n) is 18.0. The second kappa shape index (κ2) is 10.0. The Labute approximate surface area is 194 Å². The van der Waals surface area contributed by atoms with Crippen LogP contribution in [0.5, 0.6) is 5.75 Å². The number of ether oxygens (including phenoxy) is 2. The molecule has 176 valence electrons. The van der Waals surface area contributed by atoms with Crippen LogP contribution in [0.4, 0.5) is 17.1 Å². The van der Waals surface area contributed by atoms with Gasteiger partial charge in [0.25, 0.3) is 21.6 Å². The molecule has 0 radical (unpaired) electrons. The number of anilines is 2. The molecule has 0 aliphatic rings. The highest BCUT2D eigenvalue weighted by Crippen LogP contribution is 2.31. The van der Waals surface area contributed by atoms with E-state index in [-0.39, 0.29) is 27.6 Å². The van der Waals surface area contributed by atoms with Crippen LogP contribution in [-0.4, -0.2) is 39.4 Å². The molecule has 3 rings (SSSR count). The van der Waals surface area contributed by atoms with E-state index in [4.69, 9.17) is 4.74 Å². The fourth-order valence-electron chi connectivity index (χ4n) is 2.91. The van der Waals surface area contributed by atoms with Crippen molar-refractivity contribution in [3.63, 3.8) is 0 Å². The van der Waals surface area contributed by atoms with Crippen LogP contribution in [0.15, 0.2) is 71.6 Å². The summed E-state index contributed by atoms with van der Waals surface area (Å²) in [6.07, 6.45) is 0. The smallest absolute Gasteiger partial charge is 0.337 e. The standard InChI is InChI=1S/C22H19N3O8S/c1-32-20-11-10-17(25(28)29)13-19(20)24-34(30,31)18-5-3-4-15(12-18)21(26)23-16-8-6-14(7-9-16)22(27)33-2/h3-13,24H,1-2H3,(H,23,26). The van der Waals surface area contributed by atoms with Gasteiger partial charge in [0.05, 0.1) is 35.3 Å². The van der Waals surface area contributed by atoms with E-state index in [2.05, 4.69) is 14.8 Å². The highest BCUT2D eigenvalue weighted by Gasteiger charge is 2.20.